The SMILES string of the molecule is O=C(c1ccc(F)c(Cl)c1)N1C[C@H](O)[C@]2(CCCO2)C1. The van der Waals surface area contributed by atoms with E-state index in [4.69, 9.17) is 16.3 Å². The number of aliphatic hydroxyl groups is 1. The van der Waals surface area contributed by atoms with E-state index < -0.39 is 17.5 Å². The molecule has 0 unspecified atom stereocenters. The Balaban J connectivity index is 1.80. The van der Waals surface area contributed by atoms with E-state index in [9.17, 15) is 14.3 Å². The zero-order valence-electron chi connectivity index (χ0n) is 10.8. The van der Waals surface area contributed by atoms with Gasteiger partial charge < -0.3 is 14.7 Å². The number of β-amino-alcohol motifs (C(OH)–C–C–N with tert-alkyl or cyclic N) is 1. The molecule has 3 rings (SSSR count). The molecule has 1 spiro atoms. The van der Waals surface area contributed by atoms with Crippen molar-refractivity contribution in [3.63, 3.8) is 0 Å². The quantitative estimate of drug-likeness (QED) is 0.861. The standard InChI is InChI=1S/C14H15ClFNO3/c15-10-6-9(2-3-11(10)16)13(19)17-7-12(18)14(8-17)4-1-5-20-14/h2-3,6,12,18H,1,4-5,7-8H2/t12-,14-/m0/s1. The number of nitrogens with zero attached hydrogens (tertiary/aromatic N) is 1. The van der Waals surface area contributed by atoms with Crippen molar-refractivity contribution >= 4 is 17.5 Å². The molecular formula is C14H15ClFNO3. The van der Waals surface area contributed by atoms with Crippen molar-refractivity contribution in [1.82, 2.24) is 4.90 Å². The zero-order valence-corrected chi connectivity index (χ0v) is 11.6. The Morgan fingerprint density at radius 2 is 2.35 bits per heavy atom. The lowest BCUT2D eigenvalue weighted by molar-refractivity contribution is -0.0590. The van der Waals surface area contributed by atoms with Crippen molar-refractivity contribution in [2.75, 3.05) is 19.7 Å². The van der Waals surface area contributed by atoms with Crippen LogP contribution in [0.3, 0.4) is 0 Å². The summed E-state index contributed by atoms with van der Waals surface area (Å²) in [7, 11) is 0. The van der Waals surface area contributed by atoms with Gasteiger partial charge in [0.05, 0.1) is 11.6 Å². The van der Waals surface area contributed by atoms with E-state index in [1.165, 1.54) is 18.2 Å². The molecule has 20 heavy (non-hydrogen) atoms. The molecule has 6 heteroatoms. The van der Waals surface area contributed by atoms with Crippen LogP contribution in [0.5, 0.6) is 0 Å². The maximum absolute atomic E-state index is 13.1. The minimum Gasteiger partial charge on any atom is -0.388 e. The van der Waals surface area contributed by atoms with Gasteiger partial charge in [-0.1, -0.05) is 11.6 Å². The van der Waals surface area contributed by atoms with Gasteiger partial charge >= 0.3 is 0 Å². The molecule has 2 fully saturated rings. The van der Waals surface area contributed by atoms with E-state index >= 15 is 0 Å². The van der Waals surface area contributed by atoms with E-state index in [1.807, 2.05) is 0 Å². The number of hydrogen-bond donors (Lipinski definition) is 1. The average Bonchev–Trinajstić information content (AvgIpc) is 3.02. The van der Waals surface area contributed by atoms with E-state index in [2.05, 4.69) is 0 Å². The summed E-state index contributed by atoms with van der Waals surface area (Å²) in [6.07, 6.45) is 0.966. The molecule has 2 aliphatic rings. The fourth-order valence-electron chi connectivity index (χ4n) is 2.94. The number of ether oxygens (including phenoxy) is 1. The van der Waals surface area contributed by atoms with Gasteiger partial charge in [-0.3, -0.25) is 4.79 Å². The Hall–Kier alpha value is -1.17. The van der Waals surface area contributed by atoms with Crippen LogP contribution >= 0.6 is 11.6 Å². The molecule has 0 saturated carbocycles. The van der Waals surface area contributed by atoms with Gasteiger partial charge in [0, 0.05) is 18.7 Å². The van der Waals surface area contributed by atoms with Crippen LogP contribution in [0.1, 0.15) is 23.2 Å². The monoisotopic (exact) mass is 299 g/mol. The lowest BCUT2D eigenvalue weighted by Gasteiger charge is -2.25. The first-order valence-corrected chi connectivity index (χ1v) is 6.96. The zero-order chi connectivity index (χ0) is 14.3. The Bertz CT molecular complexity index is 545. The summed E-state index contributed by atoms with van der Waals surface area (Å²) in [6.45, 7) is 1.21. The Morgan fingerprint density at radius 1 is 1.55 bits per heavy atom. The highest BCUT2D eigenvalue weighted by Gasteiger charge is 2.50. The summed E-state index contributed by atoms with van der Waals surface area (Å²) in [5.74, 6) is -0.821. The number of aliphatic hydroxyl groups excluding tert-OH is 1. The lowest BCUT2D eigenvalue weighted by atomic mass is 9.97. The molecule has 4 nitrogen and oxygen atoms in total. The number of amides is 1. The van der Waals surface area contributed by atoms with Crippen molar-refractivity contribution in [2.24, 2.45) is 0 Å². The van der Waals surface area contributed by atoms with Crippen LogP contribution in [0.4, 0.5) is 4.39 Å². The summed E-state index contributed by atoms with van der Waals surface area (Å²) in [5.41, 5.74) is -0.307. The van der Waals surface area contributed by atoms with Gasteiger partial charge in [-0.15, -0.1) is 0 Å². The van der Waals surface area contributed by atoms with E-state index in [1.54, 1.807) is 4.90 Å². The van der Waals surface area contributed by atoms with Gasteiger partial charge in [0.15, 0.2) is 0 Å². The highest BCUT2D eigenvalue weighted by atomic mass is 35.5. The number of benzene rings is 1. The molecule has 2 saturated heterocycles. The Morgan fingerprint density at radius 3 is 3.00 bits per heavy atom. The molecule has 2 aliphatic heterocycles. The third kappa shape index (κ3) is 2.20. The molecule has 0 aromatic heterocycles. The molecule has 108 valence electrons. The Kier molecular flexibility index (Phi) is 3.44. The first kappa shape index (κ1) is 13.8. The van der Waals surface area contributed by atoms with Crippen LogP contribution in [-0.4, -0.2) is 47.3 Å². The maximum atomic E-state index is 13.1. The second-order valence-electron chi connectivity index (χ2n) is 5.35. The molecule has 0 aliphatic carbocycles. The molecule has 1 aromatic rings. The van der Waals surface area contributed by atoms with E-state index in [0.717, 1.165) is 12.8 Å². The highest BCUT2D eigenvalue weighted by molar-refractivity contribution is 6.31. The largest absolute Gasteiger partial charge is 0.388 e. The Labute approximate surface area is 121 Å². The number of hydrogen-bond acceptors (Lipinski definition) is 3. The normalized spacial score (nSPS) is 29.4. The summed E-state index contributed by atoms with van der Waals surface area (Å²) in [4.78, 5) is 13.9. The van der Waals surface area contributed by atoms with Gasteiger partial charge in [0.1, 0.15) is 17.5 Å². The molecular weight excluding hydrogens is 285 g/mol. The molecule has 2 heterocycles. The predicted molar refractivity (Wildman–Crippen MR) is 71.2 cm³/mol. The van der Waals surface area contributed by atoms with Crippen molar-refractivity contribution in [1.29, 1.82) is 0 Å². The van der Waals surface area contributed by atoms with Crippen LogP contribution in [0.25, 0.3) is 0 Å². The molecule has 1 amide bonds. The minimum absolute atomic E-state index is 0.0811. The van der Waals surface area contributed by atoms with Crippen molar-refractivity contribution < 1.29 is 19.0 Å². The van der Waals surface area contributed by atoms with Crippen molar-refractivity contribution in [2.45, 2.75) is 24.5 Å². The van der Waals surface area contributed by atoms with Gasteiger partial charge in [-0.2, -0.15) is 0 Å². The number of halogens is 2. The fraction of sp³-hybridized carbons (Fsp3) is 0.500. The summed E-state index contributed by atoms with van der Waals surface area (Å²) in [6, 6.07) is 3.88. The third-order valence-electron chi connectivity index (χ3n) is 4.05. The van der Waals surface area contributed by atoms with Crippen LogP contribution in [0, 0.1) is 5.82 Å². The molecule has 1 aromatic carbocycles. The lowest BCUT2D eigenvalue weighted by Crippen LogP contribution is -2.41. The number of rotatable bonds is 1. The van der Waals surface area contributed by atoms with Gasteiger partial charge in [-0.05, 0) is 31.0 Å². The summed E-state index contributed by atoms with van der Waals surface area (Å²) in [5, 5.41) is 10.1. The topological polar surface area (TPSA) is 49.8 Å². The first-order chi connectivity index (χ1) is 9.52. The highest BCUT2D eigenvalue weighted by Crippen LogP contribution is 2.35. The second kappa shape index (κ2) is 4.98. The van der Waals surface area contributed by atoms with Crippen LogP contribution < -0.4 is 0 Å². The first-order valence-electron chi connectivity index (χ1n) is 6.58. The van der Waals surface area contributed by atoms with Crippen LogP contribution in [0.2, 0.25) is 5.02 Å². The molecule has 1 N–H and O–H groups in total. The minimum atomic E-state index is -0.676. The van der Waals surface area contributed by atoms with Crippen molar-refractivity contribution in [3.8, 4) is 0 Å². The molecule has 0 bridgehead atoms. The fourth-order valence-corrected chi connectivity index (χ4v) is 3.12. The predicted octanol–water partition coefficient (Wildman–Crippen LogP) is 1.84. The average molecular weight is 300 g/mol. The van der Waals surface area contributed by atoms with Crippen molar-refractivity contribution in [3.05, 3.63) is 34.6 Å². The second-order valence-corrected chi connectivity index (χ2v) is 5.75. The van der Waals surface area contributed by atoms with E-state index in [0.29, 0.717) is 18.7 Å². The van der Waals surface area contributed by atoms with Crippen LogP contribution in [-0.2, 0) is 4.74 Å². The van der Waals surface area contributed by atoms with Gasteiger partial charge in [0.2, 0.25) is 0 Å². The maximum Gasteiger partial charge on any atom is 0.254 e. The number of likely N-dealkylation sites (tertiary alicyclic amines) is 1. The smallest absolute Gasteiger partial charge is 0.254 e. The summed E-state index contributed by atoms with van der Waals surface area (Å²) < 4.78 is 18.8. The summed E-state index contributed by atoms with van der Waals surface area (Å²) >= 11 is 5.69. The van der Waals surface area contributed by atoms with Crippen LogP contribution in [0.15, 0.2) is 18.2 Å². The molecule has 0 radical (unpaired) electrons. The number of carbonyl (C=O) groups is 1. The van der Waals surface area contributed by atoms with E-state index in [-0.39, 0.29) is 17.5 Å². The van der Waals surface area contributed by atoms with Gasteiger partial charge in [0.25, 0.3) is 5.91 Å². The third-order valence-corrected chi connectivity index (χ3v) is 4.34. The van der Waals surface area contributed by atoms with Gasteiger partial charge in [-0.25, -0.2) is 4.39 Å². The number of carbonyl (C=O) groups excluding carboxylic acids is 1. The molecule has 2 atom stereocenters.